The minimum Gasteiger partial charge on any atom is -0.348 e. The van der Waals surface area contributed by atoms with Gasteiger partial charge >= 0.3 is 0 Å². The van der Waals surface area contributed by atoms with Gasteiger partial charge in [-0.2, -0.15) is 5.10 Å². The van der Waals surface area contributed by atoms with Crippen molar-refractivity contribution in [1.82, 2.24) is 15.1 Å². The van der Waals surface area contributed by atoms with Crippen LogP contribution in [0.15, 0.2) is 6.07 Å². The molecule has 0 radical (unpaired) electrons. The molecule has 0 bridgehead atoms. The largest absolute Gasteiger partial charge is 0.348 e. The van der Waals surface area contributed by atoms with E-state index < -0.39 is 0 Å². The lowest BCUT2D eigenvalue weighted by atomic mass is 10.1. The molecule has 1 fully saturated rings. The average molecular weight is 249 g/mol. The Morgan fingerprint density at radius 3 is 2.83 bits per heavy atom. The minimum absolute atomic E-state index is 0.0307. The molecule has 1 N–H and O–H groups in total. The van der Waals surface area contributed by atoms with E-state index >= 15 is 0 Å². The fourth-order valence-corrected chi connectivity index (χ4v) is 2.66. The van der Waals surface area contributed by atoms with Gasteiger partial charge in [-0.05, 0) is 44.6 Å². The SMILES string of the molecule is CCc1cc(C(=O)NC2CCC(C)C2)n(CC)n1. The maximum absolute atomic E-state index is 12.2. The van der Waals surface area contributed by atoms with E-state index in [2.05, 4.69) is 24.3 Å². The van der Waals surface area contributed by atoms with Crippen molar-refractivity contribution in [3.63, 3.8) is 0 Å². The van der Waals surface area contributed by atoms with Crippen LogP contribution in [0.4, 0.5) is 0 Å². The minimum atomic E-state index is 0.0307. The number of nitrogens with zero attached hydrogens (tertiary/aromatic N) is 2. The molecule has 4 nitrogen and oxygen atoms in total. The third-order valence-electron chi connectivity index (χ3n) is 3.76. The van der Waals surface area contributed by atoms with Crippen LogP contribution in [0.5, 0.6) is 0 Å². The van der Waals surface area contributed by atoms with Crippen LogP contribution in [0.25, 0.3) is 0 Å². The summed E-state index contributed by atoms with van der Waals surface area (Å²) in [6.07, 6.45) is 4.30. The van der Waals surface area contributed by atoms with Crippen molar-refractivity contribution in [2.24, 2.45) is 5.92 Å². The van der Waals surface area contributed by atoms with E-state index in [-0.39, 0.29) is 5.91 Å². The summed E-state index contributed by atoms with van der Waals surface area (Å²) in [7, 11) is 0. The summed E-state index contributed by atoms with van der Waals surface area (Å²) in [5.74, 6) is 0.765. The summed E-state index contributed by atoms with van der Waals surface area (Å²) in [6, 6.07) is 2.26. The van der Waals surface area contributed by atoms with Crippen LogP contribution >= 0.6 is 0 Å². The Bertz CT molecular complexity index is 425. The summed E-state index contributed by atoms with van der Waals surface area (Å²) in [5, 5.41) is 7.55. The number of aryl methyl sites for hydroxylation is 2. The van der Waals surface area contributed by atoms with Gasteiger partial charge in [-0.1, -0.05) is 13.8 Å². The Balaban J connectivity index is 2.06. The Morgan fingerprint density at radius 2 is 2.28 bits per heavy atom. The molecule has 1 amide bonds. The highest BCUT2D eigenvalue weighted by Gasteiger charge is 2.24. The van der Waals surface area contributed by atoms with Gasteiger partial charge < -0.3 is 5.32 Å². The van der Waals surface area contributed by atoms with Crippen LogP contribution < -0.4 is 5.32 Å². The first-order valence-electron chi connectivity index (χ1n) is 7.01. The number of nitrogens with one attached hydrogen (secondary N) is 1. The first-order chi connectivity index (χ1) is 8.63. The molecule has 0 spiro atoms. The van der Waals surface area contributed by atoms with Crippen molar-refractivity contribution in [1.29, 1.82) is 0 Å². The molecule has 1 aromatic rings. The Labute approximate surface area is 109 Å². The number of hydrogen-bond donors (Lipinski definition) is 1. The summed E-state index contributed by atoms with van der Waals surface area (Å²) >= 11 is 0. The van der Waals surface area contributed by atoms with E-state index in [1.165, 1.54) is 6.42 Å². The van der Waals surface area contributed by atoms with E-state index in [9.17, 15) is 4.79 Å². The quantitative estimate of drug-likeness (QED) is 0.890. The van der Waals surface area contributed by atoms with Crippen LogP contribution in [0.2, 0.25) is 0 Å². The van der Waals surface area contributed by atoms with Gasteiger partial charge in [-0.3, -0.25) is 9.48 Å². The zero-order chi connectivity index (χ0) is 13.1. The van der Waals surface area contributed by atoms with Crippen LogP contribution in [-0.2, 0) is 13.0 Å². The predicted octanol–water partition coefficient (Wildman–Crippen LogP) is 2.38. The number of amides is 1. The van der Waals surface area contributed by atoms with Crippen LogP contribution in [0.3, 0.4) is 0 Å². The van der Waals surface area contributed by atoms with E-state index in [1.54, 1.807) is 4.68 Å². The van der Waals surface area contributed by atoms with Gasteiger partial charge in [-0.15, -0.1) is 0 Å². The van der Waals surface area contributed by atoms with Gasteiger partial charge in [0.2, 0.25) is 0 Å². The van der Waals surface area contributed by atoms with Crippen molar-refractivity contribution in [2.45, 2.75) is 59.0 Å². The fourth-order valence-electron chi connectivity index (χ4n) is 2.66. The zero-order valence-corrected chi connectivity index (χ0v) is 11.6. The van der Waals surface area contributed by atoms with Gasteiger partial charge in [0.15, 0.2) is 0 Å². The molecule has 1 saturated carbocycles. The van der Waals surface area contributed by atoms with E-state index in [1.807, 2.05) is 13.0 Å². The lowest BCUT2D eigenvalue weighted by Crippen LogP contribution is -2.34. The van der Waals surface area contributed by atoms with Gasteiger partial charge in [-0.25, -0.2) is 0 Å². The third-order valence-corrected chi connectivity index (χ3v) is 3.76. The second-order valence-electron chi connectivity index (χ2n) is 5.28. The molecule has 0 saturated heterocycles. The number of rotatable bonds is 4. The monoisotopic (exact) mass is 249 g/mol. The molecule has 100 valence electrons. The van der Waals surface area contributed by atoms with Crippen molar-refractivity contribution in [3.05, 3.63) is 17.5 Å². The summed E-state index contributed by atoms with van der Waals surface area (Å²) in [6.45, 7) is 7.06. The molecule has 2 atom stereocenters. The molecule has 1 heterocycles. The van der Waals surface area contributed by atoms with Gasteiger partial charge in [0, 0.05) is 12.6 Å². The molecule has 1 aliphatic carbocycles. The first-order valence-corrected chi connectivity index (χ1v) is 7.01. The molecular weight excluding hydrogens is 226 g/mol. The van der Waals surface area contributed by atoms with Gasteiger partial charge in [0.25, 0.3) is 5.91 Å². The van der Waals surface area contributed by atoms with Crippen molar-refractivity contribution in [2.75, 3.05) is 0 Å². The summed E-state index contributed by atoms with van der Waals surface area (Å²) < 4.78 is 1.80. The highest BCUT2D eigenvalue weighted by Crippen LogP contribution is 2.24. The lowest BCUT2D eigenvalue weighted by Gasteiger charge is -2.12. The number of carbonyl (C=O) groups is 1. The average Bonchev–Trinajstić information content (AvgIpc) is 2.95. The van der Waals surface area contributed by atoms with Crippen molar-refractivity contribution in [3.8, 4) is 0 Å². The van der Waals surface area contributed by atoms with Crippen LogP contribution in [0.1, 0.15) is 56.2 Å². The van der Waals surface area contributed by atoms with Crippen LogP contribution in [-0.4, -0.2) is 21.7 Å². The number of hydrogen-bond acceptors (Lipinski definition) is 2. The molecule has 1 aromatic heterocycles. The molecular formula is C14H23N3O. The lowest BCUT2D eigenvalue weighted by molar-refractivity contribution is 0.0926. The highest BCUT2D eigenvalue weighted by atomic mass is 16.2. The molecule has 0 aliphatic heterocycles. The van der Waals surface area contributed by atoms with Gasteiger partial charge in [0.05, 0.1) is 5.69 Å². The normalized spacial score (nSPS) is 23.3. The van der Waals surface area contributed by atoms with E-state index in [0.717, 1.165) is 37.4 Å². The van der Waals surface area contributed by atoms with Gasteiger partial charge in [0.1, 0.15) is 5.69 Å². The Kier molecular flexibility index (Phi) is 4.04. The van der Waals surface area contributed by atoms with E-state index in [0.29, 0.717) is 11.7 Å². The zero-order valence-electron chi connectivity index (χ0n) is 11.6. The molecule has 18 heavy (non-hydrogen) atoms. The topological polar surface area (TPSA) is 46.9 Å². The smallest absolute Gasteiger partial charge is 0.269 e. The first kappa shape index (κ1) is 13.1. The third kappa shape index (κ3) is 2.74. The molecule has 2 unspecified atom stereocenters. The van der Waals surface area contributed by atoms with E-state index in [4.69, 9.17) is 0 Å². The fraction of sp³-hybridized carbons (Fsp3) is 0.714. The number of carbonyl (C=O) groups excluding carboxylic acids is 1. The summed E-state index contributed by atoms with van der Waals surface area (Å²) in [5.41, 5.74) is 1.69. The Morgan fingerprint density at radius 1 is 1.50 bits per heavy atom. The molecule has 2 rings (SSSR count). The predicted molar refractivity (Wildman–Crippen MR) is 71.5 cm³/mol. The van der Waals surface area contributed by atoms with Crippen molar-refractivity contribution >= 4 is 5.91 Å². The maximum Gasteiger partial charge on any atom is 0.269 e. The molecule has 4 heteroatoms. The second-order valence-corrected chi connectivity index (χ2v) is 5.28. The molecule has 1 aliphatic rings. The standard InChI is InChI=1S/C14H23N3O/c1-4-11-9-13(17(5-2)16-11)14(18)15-12-7-6-10(3)8-12/h9-10,12H,4-8H2,1-3H3,(H,15,18). The highest BCUT2D eigenvalue weighted by molar-refractivity contribution is 5.92. The number of aromatic nitrogens is 2. The van der Waals surface area contributed by atoms with Crippen molar-refractivity contribution < 1.29 is 4.79 Å². The summed E-state index contributed by atoms with van der Waals surface area (Å²) in [4.78, 5) is 12.2. The maximum atomic E-state index is 12.2. The second kappa shape index (κ2) is 5.55. The van der Waals surface area contributed by atoms with Crippen LogP contribution in [0, 0.1) is 5.92 Å². The Hall–Kier alpha value is -1.32. The molecule has 0 aromatic carbocycles.